The van der Waals surface area contributed by atoms with Crippen molar-refractivity contribution >= 4 is 31.5 Å². The van der Waals surface area contributed by atoms with Gasteiger partial charge < -0.3 is 9.22 Å². The van der Waals surface area contributed by atoms with Crippen LogP contribution >= 0.6 is 11.3 Å². The van der Waals surface area contributed by atoms with Crippen molar-refractivity contribution in [3.8, 4) is 0 Å². The van der Waals surface area contributed by atoms with Gasteiger partial charge in [-0.2, -0.15) is 0 Å². The molecule has 2 aromatic carbocycles. The second-order valence-electron chi connectivity index (χ2n) is 6.76. The zero-order chi connectivity index (χ0) is 17.3. The van der Waals surface area contributed by atoms with Gasteiger partial charge in [0, 0.05) is 27.1 Å². The van der Waals surface area contributed by atoms with Crippen molar-refractivity contribution in [1.82, 2.24) is 0 Å². The Labute approximate surface area is 146 Å². The molecule has 0 saturated carbocycles. The van der Waals surface area contributed by atoms with Gasteiger partial charge in [-0.05, 0) is 36.8 Å². The van der Waals surface area contributed by atoms with Crippen molar-refractivity contribution in [3.63, 3.8) is 0 Å². The summed E-state index contributed by atoms with van der Waals surface area (Å²) in [6.45, 7) is 5.79. The number of hydrogen-bond acceptors (Lipinski definition) is 3. The van der Waals surface area contributed by atoms with Crippen LogP contribution in [-0.4, -0.2) is 31.4 Å². The number of quaternary nitrogens is 1. The second-order valence-corrected chi connectivity index (χ2v) is 7.85. The molecule has 1 heterocycles. The molecular formula is C20H24NO2S+. The van der Waals surface area contributed by atoms with Crippen molar-refractivity contribution in [3.05, 3.63) is 58.3 Å². The molecule has 1 atom stereocenters. The van der Waals surface area contributed by atoms with E-state index < -0.39 is 0 Å². The molecule has 0 bridgehead atoms. The van der Waals surface area contributed by atoms with Gasteiger partial charge in [-0.25, -0.2) is 0 Å². The molecule has 1 aromatic heterocycles. The number of benzene rings is 2. The van der Waals surface area contributed by atoms with Gasteiger partial charge in [0.25, 0.3) is 0 Å². The largest absolute Gasteiger partial charge is 0.325 e. The average molecular weight is 342 g/mol. The summed E-state index contributed by atoms with van der Waals surface area (Å²) < 4.78 is 8.91. The molecule has 0 N–H and O–H groups in total. The summed E-state index contributed by atoms with van der Waals surface area (Å²) in [5.41, 5.74) is 1.16. The first-order valence-corrected chi connectivity index (χ1v) is 9.13. The first-order chi connectivity index (χ1) is 11.4. The van der Waals surface area contributed by atoms with Crippen LogP contribution in [0.25, 0.3) is 20.2 Å². The van der Waals surface area contributed by atoms with Crippen molar-refractivity contribution < 1.29 is 9.22 Å². The van der Waals surface area contributed by atoms with E-state index in [2.05, 4.69) is 34.0 Å². The molecule has 0 amide bonds. The highest BCUT2D eigenvalue weighted by molar-refractivity contribution is 7.24. The Morgan fingerprint density at radius 1 is 1.08 bits per heavy atom. The molecule has 0 saturated heterocycles. The van der Waals surface area contributed by atoms with Crippen LogP contribution in [0.4, 0.5) is 0 Å². The SMILES string of the molecule is CC[N+](C)(C)C(C)OCc1ccc2sc3ccccc3c(=O)c2c1. The van der Waals surface area contributed by atoms with Crippen LogP contribution in [0.2, 0.25) is 0 Å². The van der Waals surface area contributed by atoms with Crippen molar-refractivity contribution in [2.75, 3.05) is 20.6 Å². The van der Waals surface area contributed by atoms with E-state index in [4.69, 9.17) is 4.74 Å². The van der Waals surface area contributed by atoms with Gasteiger partial charge in [-0.3, -0.25) is 4.79 Å². The summed E-state index contributed by atoms with van der Waals surface area (Å²) in [5, 5.41) is 1.59. The number of hydrogen-bond donors (Lipinski definition) is 0. The molecule has 24 heavy (non-hydrogen) atoms. The molecule has 0 spiro atoms. The number of nitrogens with zero attached hydrogens (tertiary/aromatic N) is 1. The van der Waals surface area contributed by atoms with Gasteiger partial charge in [-0.1, -0.05) is 18.2 Å². The third-order valence-electron chi connectivity index (χ3n) is 4.93. The zero-order valence-corrected chi connectivity index (χ0v) is 15.5. The van der Waals surface area contributed by atoms with Crippen LogP contribution in [0.3, 0.4) is 0 Å². The molecule has 4 heteroatoms. The van der Waals surface area contributed by atoms with Crippen molar-refractivity contribution in [1.29, 1.82) is 0 Å². The van der Waals surface area contributed by atoms with E-state index in [0.717, 1.165) is 36.8 Å². The van der Waals surface area contributed by atoms with Gasteiger partial charge in [0.05, 0.1) is 27.2 Å². The summed E-state index contributed by atoms with van der Waals surface area (Å²) in [7, 11) is 4.32. The smallest absolute Gasteiger partial charge is 0.195 e. The minimum Gasteiger partial charge on any atom is -0.325 e. The summed E-state index contributed by atoms with van der Waals surface area (Å²) in [5.74, 6) is 0. The standard InChI is InChI=1S/C20H24NO2S/c1-5-21(3,4)14(2)23-13-15-10-11-19-17(12-15)20(22)16-8-6-7-9-18(16)24-19/h6-12,14H,5,13H2,1-4H3/q+1. The quantitative estimate of drug-likeness (QED) is 0.391. The van der Waals surface area contributed by atoms with E-state index >= 15 is 0 Å². The number of fused-ring (bicyclic) bond motifs is 2. The van der Waals surface area contributed by atoms with Crippen LogP contribution in [0, 0.1) is 0 Å². The zero-order valence-electron chi connectivity index (χ0n) is 14.7. The Balaban J connectivity index is 1.93. The first-order valence-electron chi connectivity index (χ1n) is 8.31. The number of ether oxygens (including phenoxy) is 1. The maximum atomic E-state index is 12.7. The van der Waals surface area contributed by atoms with E-state index in [1.54, 1.807) is 11.3 Å². The van der Waals surface area contributed by atoms with Crippen LogP contribution in [0.1, 0.15) is 19.4 Å². The van der Waals surface area contributed by atoms with E-state index in [1.807, 2.05) is 36.4 Å². The van der Waals surface area contributed by atoms with Crippen LogP contribution in [0.5, 0.6) is 0 Å². The molecule has 3 nitrogen and oxygen atoms in total. The predicted octanol–water partition coefficient (Wildman–Crippen LogP) is 4.37. The Kier molecular flexibility index (Phi) is 4.72. The molecule has 3 rings (SSSR count). The molecule has 1 unspecified atom stereocenters. The topological polar surface area (TPSA) is 26.3 Å². The van der Waals surface area contributed by atoms with Gasteiger partial charge >= 0.3 is 0 Å². The lowest BCUT2D eigenvalue weighted by molar-refractivity contribution is -0.934. The maximum Gasteiger partial charge on any atom is 0.195 e. The fraction of sp³-hybridized carbons (Fsp3) is 0.350. The second kappa shape index (κ2) is 6.63. The molecule has 0 aliphatic rings. The van der Waals surface area contributed by atoms with Crippen LogP contribution < -0.4 is 5.43 Å². The molecule has 126 valence electrons. The summed E-state index contributed by atoms with van der Waals surface area (Å²) in [6.07, 6.45) is 0.108. The highest BCUT2D eigenvalue weighted by Gasteiger charge is 2.22. The number of rotatable bonds is 5. The molecule has 0 aliphatic heterocycles. The summed E-state index contributed by atoms with van der Waals surface area (Å²) in [6, 6.07) is 13.9. The van der Waals surface area contributed by atoms with E-state index in [1.165, 1.54) is 0 Å². The maximum absolute atomic E-state index is 12.7. The Hall–Kier alpha value is -1.75. The Morgan fingerprint density at radius 2 is 1.79 bits per heavy atom. The van der Waals surface area contributed by atoms with E-state index in [0.29, 0.717) is 6.61 Å². The fourth-order valence-electron chi connectivity index (χ4n) is 2.62. The first kappa shape index (κ1) is 17.1. The predicted molar refractivity (Wildman–Crippen MR) is 103 cm³/mol. The lowest BCUT2D eigenvalue weighted by Crippen LogP contribution is -2.48. The summed E-state index contributed by atoms with van der Waals surface area (Å²) >= 11 is 1.66. The Morgan fingerprint density at radius 3 is 2.54 bits per heavy atom. The van der Waals surface area contributed by atoms with Gasteiger partial charge in [0.15, 0.2) is 11.7 Å². The third kappa shape index (κ3) is 3.22. The minimum atomic E-state index is 0.108. The highest BCUT2D eigenvalue weighted by atomic mass is 32.1. The van der Waals surface area contributed by atoms with Crippen molar-refractivity contribution in [2.45, 2.75) is 26.7 Å². The van der Waals surface area contributed by atoms with Gasteiger partial charge in [-0.15, -0.1) is 11.3 Å². The highest BCUT2D eigenvalue weighted by Crippen LogP contribution is 2.25. The molecule has 0 aliphatic carbocycles. The van der Waals surface area contributed by atoms with Crippen molar-refractivity contribution in [2.24, 2.45) is 0 Å². The monoisotopic (exact) mass is 342 g/mol. The lowest BCUT2D eigenvalue weighted by atomic mass is 10.1. The molecular weight excluding hydrogens is 318 g/mol. The molecule has 0 radical (unpaired) electrons. The van der Waals surface area contributed by atoms with Gasteiger partial charge in [0.2, 0.25) is 0 Å². The minimum absolute atomic E-state index is 0.108. The third-order valence-corrected chi connectivity index (χ3v) is 6.08. The van der Waals surface area contributed by atoms with E-state index in [9.17, 15) is 4.79 Å². The lowest BCUT2D eigenvalue weighted by Gasteiger charge is -2.34. The average Bonchev–Trinajstić information content (AvgIpc) is 2.60. The normalized spacial score (nSPS) is 13.5. The van der Waals surface area contributed by atoms with Crippen LogP contribution in [-0.2, 0) is 11.3 Å². The summed E-state index contributed by atoms with van der Waals surface area (Å²) in [4.78, 5) is 12.7. The fourth-order valence-corrected chi connectivity index (χ4v) is 3.67. The Bertz CT molecular complexity index is 930. The van der Waals surface area contributed by atoms with Crippen LogP contribution in [0.15, 0.2) is 47.3 Å². The molecule has 0 fully saturated rings. The van der Waals surface area contributed by atoms with Gasteiger partial charge in [0.1, 0.15) is 0 Å². The van der Waals surface area contributed by atoms with E-state index in [-0.39, 0.29) is 11.7 Å². The molecule has 3 aromatic rings.